The van der Waals surface area contributed by atoms with Gasteiger partial charge in [-0.05, 0) is 5.56 Å². The summed E-state index contributed by atoms with van der Waals surface area (Å²) in [4.78, 5) is 0. The smallest absolute Gasteiger partial charge is 0.130 e. The highest BCUT2D eigenvalue weighted by atomic mass is 16.4. The molecule has 1 aromatic carbocycles. The van der Waals surface area contributed by atoms with Crippen LogP contribution in [0.2, 0.25) is 0 Å². The number of rotatable bonds is 7. The van der Waals surface area contributed by atoms with E-state index >= 15 is 0 Å². The van der Waals surface area contributed by atoms with Crippen molar-refractivity contribution in [2.24, 2.45) is 0 Å². The zero-order valence-electron chi connectivity index (χ0n) is 12.2. The normalized spacial score (nSPS) is 19.6. The van der Waals surface area contributed by atoms with Crippen LogP contribution in [0.15, 0.2) is 30.3 Å². The Morgan fingerprint density at radius 1 is 0.952 bits per heavy atom. The molecule has 0 amide bonds. The molecule has 0 radical (unpaired) electrons. The van der Waals surface area contributed by atoms with Crippen molar-refractivity contribution in [1.82, 2.24) is 0 Å². The summed E-state index contributed by atoms with van der Waals surface area (Å²) in [7, 11) is 0. The molecule has 0 saturated heterocycles. The molecule has 6 N–H and O–H groups in total. The molecule has 0 unspecified atom stereocenters. The maximum atomic E-state index is 10.9. The van der Waals surface area contributed by atoms with Gasteiger partial charge in [0.25, 0.3) is 0 Å². The fourth-order valence-electron chi connectivity index (χ4n) is 2.60. The molecule has 4 atom stereocenters. The van der Waals surface area contributed by atoms with Gasteiger partial charge in [0.05, 0.1) is 13.2 Å². The Kier molecular flexibility index (Phi) is 5.86. The van der Waals surface area contributed by atoms with Crippen molar-refractivity contribution < 1.29 is 30.6 Å². The molecule has 0 saturated carbocycles. The average molecular weight is 300 g/mol. The molecule has 0 fully saturated rings. The number of aliphatic hydroxyl groups is 6. The highest BCUT2D eigenvalue weighted by molar-refractivity contribution is 5.30. The summed E-state index contributed by atoms with van der Waals surface area (Å²) in [6.45, 7) is 1.57. The predicted octanol–water partition coefficient (Wildman–Crippen LogP) is -1.24. The lowest BCUT2D eigenvalue weighted by molar-refractivity contribution is -0.218. The van der Waals surface area contributed by atoms with Crippen molar-refractivity contribution in [3.63, 3.8) is 0 Å². The minimum atomic E-state index is -2.26. The van der Waals surface area contributed by atoms with Crippen LogP contribution in [0.1, 0.15) is 19.4 Å². The molecule has 6 heteroatoms. The van der Waals surface area contributed by atoms with E-state index in [1.54, 1.807) is 44.2 Å². The van der Waals surface area contributed by atoms with E-state index in [1.807, 2.05) is 0 Å². The third kappa shape index (κ3) is 3.11. The zero-order chi connectivity index (χ0) is 16.3. The highest BCUT2D eigenvalue weighted by Crippen LogP contribution is 2.40. The Morgan fingerprint density at radius 3 is 1.90 bits per heavy atom. The van der Waals surface area contributed by atoms with Gasteiger partial charge < -0.3 is 30.6 Å². The molecular formula is C15H24O6. The summed E-state index contributed by atoms with van der Waals surface area (Å²) >= 11 is 0. The summed E-state index contributed by atoms with van der Waals surface area (Å²) in [6.07, 6.45) is -5.21. The zero-order valence-corrected chi connectivity index (χ0v) is 12.2. The van der Waals surface area contributed by atoms with E-state index in [1.165, 1.54) is 0 Å². The predicted molar refractivity (Wildman–Crippen MR) is 76.6 cm³/mol. The van der Waals surface area contributed by atoms with Crippen LogP contribution in [0, 0.1) is 0 Å². The van der Waals surface area contributed by atoms with E-state index in [-0.39, 0.29) is 0 Å². The number of hydrogen-bond donors (Lipinski definition) is 6. The summed E-state index contributed by atoms with van der Waals surface area (Å²) in [5.41, 5.74) is -2.86. The van der Waals surface area contributed by atoms with E-state index in [0.29, 0.717) is 5.56 Å². The first kappa shape index (κ1) is 18.0. The molecule has 0 aliphatic heterocycles. The Bertz CT molecular complexity index is 435. The molecule has 21 heavy (non-hydrogen) atoms. The molecular weight excluding hydrogens is 276 g/mol. The molecule has 0 bridgehead atoms. The van der Waals surface area contributed by atoms with Gasteiger partial charge in [-0.1, -0.05) is 44.2 Å². The van der Waals surface area contributed by atoms with Crippen LogP contribution in [-0.4, -0.2) is 67.8 Å². The van der Waals surface area contributed by atoms with Gasteiger partial charge in [0.2, 0.25) is 0 Å². The Morgan fingerprint density at radius 2 is 1.48 bits per heavy atom. The van der Waals surface area contributed by atoms with Crippen LogP contribution < -0.4 is 0 Å². The van der Waals surface area contributed by atoms with Gasteiger partial charge in [-0.2, -0.15) is 0 Å². The fourth-order valence-corrected chi connectivity index (χ4v) is 2.60. The lowest BCUT2D eigenvalue weighted by atomic mass is 9.64. The third-order valence-electron chi connectivity index (χ3n) is 4.18. The minimum absolute atomic E-state index is 0.601. The van der Waals surface area contributed by atoms with Crippen LogP contribution >= 0.6 is 0 Å². The quantitative estimate of drug-likeness (QED) is 0.375. The highest BCUT2D eigenvalue weighted by Gasteiger charge is 2.56. The van der Waals surface area contributed by atoms with Gasteiger partial charge in [0.15, 0.2) is 0 Å². The molecule has 1 rings (SSSR count). The number of benzene rings is 1. The molecule has 0 heterocycles. The van der Waals surface area contributed by atoms with Crippen molar-refractivity contribution in [1.29, 1.82) is 0 Å². The maximum absolute atomic E-state index is 10.9. The minimum Gasteiger partial charge on any atom is -0.394 e. The molecule has 0 aliphatic carbocycles. The number of aliphatic hydroxyl groups excluding tert-OH is 5. The van der Waals surface area contributed by atoms with Crippen molar-refractivity contribution >= 4 is 0 Å². The summed E-state index contributed by atoms with van der Waals surface area (Å²) in [5, 5.41) is 59.0. The van der Waals surface area contributed by atoms with Crippen molar-refractivity contribution in [2.75, 3.05) is 13.2 Å². The van der Waals surface area contributed by atoms with Gasteiger partial charge in [0.1, 0.15) is 23.9 Å². The molecule has 1 aromatic rings. The Hall–Kier alpha value is -1.02. The first-order valence-electron chi connectivity index (χ1n) is 6.77. The average Bonchev–Trinajstić information content (AvgIpc) is 2.52. The standard InChI is InChI=1S/C15H24O6/c1-14(2,10-6-4-3-5-7-10)15(21,12(19)9-17)13(20)11(18)8-16/h3-7,11-13,16-21H,8-9H2,1-2H3/t11-,12+,13+,15+/m0/s1. The Balaban J connectivity index is 3.36. The summed E-state index contributed by atoms with van der Waals surface area (Å²) in [6, 6.07) is 8.65. The molecule has 120 valence electrons. The van der Waals surface area contributed by atoms with Gasteiger partial charge in [0, 0.05) is 5.41 Å². The van der Waals surface area contributed by atoms with Crippen LogP contribution in [-0.2, 0) is 5.41 Å². The molecule has 0 spiro atoms. The monoisotopic (exact) mass is 300 g/mol. The van der Waals surface area contributed by atoms with Crippen LogP contribution in [0.4, 0.5) is 0 Å². The van der Waals surface area contributed by atoms with Crippen molar-refractivity contribution in [2.45, 2.75) is 43.2 Å². The van der Waals surface area contributed by atoms with Crippen molar-refractivity contribution in [3.8, 4) is 0 Å². The van der Waals surface area contributed by atoms with Crippen LogP contribution in [0.3, 0.4) is 0 Å². The van der Waals surface area contributed by atoms with E-state index in [9.17, 15) is 25.5 Å². The van der Waals surface area contributed by atoms with Crippen LogP contribution in [0.25, 0.3) is 0 Å². The second kappa shape index (κ2) is 6.83. The molecule has 0 aromatic heterocycles. The topological polar surface area (TPSA) is 121 Å². The lowest BCUT2D eigenvalue weighted by Crippen LogP contribution is -2.67. The van der Waals surface area contributed by atoms with Gasteiger partial charge in [-0.25, -0.2) is 0 Å². The van der Waals surface area contributed by atoms with Gasteiger partial charge in [-0.15, -0.1) is 0 Å². The first-order chi connectivity index (χ1) is 9.73. The molecule has 6 nitrogen and oxygen atoms in total. The maximum Gasteiger partial charge on any atom is 0.130 e. The van der Waals surface area contributed by atoms with E-state index < -0.39 is 42.5 Å². The second-order valence-corrected chi connectivity index (χ2v) is 5.71. The van der Waals surface area contributed by atoms with E-state index in [2.05, 4.69) is 0 Å². The largest absolute Gasteiger partial charge is 0.394 e. The number of hydrogen-bond acceptors (Lipinski definition) is 6. The van der Waals surface area contributed by atoms with Crippen molar-refractivity contribution in [3.05, 3.63) is 35.9 Å². The van der Waals surface area contributed by atoms with Crippen LogP contribution in [0.5, 0.6) is 0 Å². The lowest BCUT2D eigenvalue weighted by Gasteiger charge is -2.49. The van der Waals surface area contributed by atoms with E-state index in [0.717, 1.165) is 0 Å². The first-order valence-corrected chi connectivity index (χ1v) is 6.77. The summed E-state index contributed by atoms with van der Waals surface area (Å²) in [5.74, 6) is 0. The van der Waals surface area contributed by atoms with Gasteiger partial charge >= 0.3 is 0 Å². The Labute approximate surface area is 123 Å². The fraction of sp³-hybridized carbons (Fsp3) is 0.600. The van der Waals surface area contributed by atoms with Gasteiger partial charge in [-0.3, -0.25) is 0 Å². The summed E-state index contributed by atoms with van der Waals surface area (Å²) < 4.78 is 0. The SMILES string of the molecule is CC(C)(c1ccccc1)[C@@](O)([C@H](O)CO)[C@H](O)[C@@H](O)CO. The van der Waals surface area contributed by atoms with E-state index in [4.69, 9.17) is 5.11 Å². The molecule has 0 aliphatic rings. The second-order valence-electron chi connectivity index (χ2n) is 5.71. The third-order valence-corrected chi connectivity index (χ3v) is 4.18.